The third kappa shape index (κ3) is 3.41. The molecule has 0 saturated heterocycles. The lowest BCUT2D eigenvalue weighted by atomic mass is 10.1. The zero-order valence-electron chi connectivity index (χ0n) is 11.1. The number of amides is 1. The molecule has 6 nitrogen and oxygen atoms in total. The molecule has 7 heteroatoms. The van der Waals surface area contributed by atoms with Gasteiger partial charge in [0, 0.05) is 13.1 Å². The Bertz CT molecular complexity index is 489. The standard InChI is InChI=1S/C12H16ClN3O3/c1-4-8(5-2)15(3)12(17)9-6-11(13)14-7-10(9)16(18)19/h6-8H,4-5H2,1-3H3. The van der Waals surface area contributed by atoms with Crippen LogP contribution in [0.4, 0.5) is 5.69 Å². The van der Waals surface area contributed by atoms with E-state index in [1.54, 1.807) is 7.05 Å². The molecule has 0 aliphatic rings. The minimum Gasteiger partial charge on any atom is -0.339 e. The van der Waals surface area contributed by atoms with Crippen LogP contribution in [0.2, 0.25) is 5.15 Å². The fourth-order valence-electron chi connectivity index (χ4n) is 1.93. The summed E-state index contributed by atoms with van der Waals surface area (Å²) in [5, 5.41) is 11.0. The second-order valence-electron chi connectivity index (χ2n) is 4.17. The third-order valence-electron chi connectivity index (χ3n) is 3.09. The Morgan fingerprint density at radius 2 is 2.11 bits per heavy atom. The lowest BCUT2D eigenvalue weighted by molar-refractivity contribution is -0.385. The predicted octanol–water partition coefficient (Wildman–Crippen LogP) is 2.90. The van der Waals surface area contributed by atoms with Crippen molar-refractivity contribution >= 4 is 23.2 Å². The molecule has 0 unspecified atom stereocenters. The van der Waals surface area contributed by atoms with Gasteiger partial charge in [0.15, 0.2) is 0 Å². The highest BCUT2D eigenvalue weighted by atomic mass is 35.5. The molecule has 1 aromatic heterocycles. The van der Waals surface area contributed by atoms with Crippen molar-refractivity contribution in [1.82, 2.24) is 9.88 Å². The van der Waals surface area contributed by atoms with Crippen molar-refractivity contribution in [2.45, 2.75) is 32.7 Å². The number of carbonyl (C=O) groups is 1. The van der Waals surface area contributed by atoms with Gasteiger partial charge >= 0.3 is 0 Å². The van der Waals surface area contributed by atoms with Crippen molar-refractivity contribution < 1.29 is 9.72 Å². The smallest absolute Gasteiger partial charge is 0.300 e. The zero-order valence-corrected chi connectivity index (χ0v) is 11.8. The first-order valence-electron chi connectivity index (χ1n) is 5.99. The van der Waals surface area contributed by atoms with Gasteiger partial charge in [-0.15, -0.1) is 0 Å². The summed E-state index contributed by atoms with van der Waals surface area (Å²) in [5.74, 6) is -0.412. The number of nitrogens with zero attached hydrogens (tertiary/aromatic N) is 3. The molecule has 1 heterocycles. The van der Waals surface area contributed by atoms with Crippen molar-refractivity contribution in [2.75, 3.05) is 7.05 Å². The molecule has 1 amide bonds. The lowest BCUT2D eigenvalue weighted by Gasteiger charge is -2.26. The van der Waals surface area contributed by atoms with Gasteiger partial charge in [0.1, 0.15) is 16.9 Å². The summed E-state index contributed by atoms with van der Waals surface area (Å²) in [4.78, 5) is 27.8. The molecule has 0 fully saturated rings. The molecule has 104 valence electrons. The summed E-state index contributed by atoms with van der Waals surface area (Å²) >= 11 is 5.71. The van der Waals surface area contributed by atoms with Crippen LogP contribution in [-0.4, -0.2) is 33.8 Å². The van der Waals surface area contributed by atoms with Crippen LogP contribution in [-0.2, 0) is 0 Å². The maximum Gasteiger partial charge on any atom is 0.300 e. The summed E-state index contributed by atoms with van der Waals surface area (Å²) in [6.45, 7) is 3.93. The monoisotopic (exact) mass is 285 g/mol. The Labute approximate surface area is 116 Å². The Balaban J connectivity index is 3.18. The molecule has 0 bridgehead atoms. The fraction of sp³-hybridized carbons (Fsp3) is 0.500. The van der Waals surface area contributed by atoms with Crippen LogP contribution in [0.1, 0.15) is 37.0 Å². The van der Waals surface area contributed by atoms with Crippen LogP contribution in [0.5, 0.6) is 0 Å². The lowest BCUT2D eigenvalue weighted by Crippen LogP contribution is -2.36. The molecule has 19 heavy (non-hydrogen) atoms. The van der Waals surface area contributed by atoms with E-state index < -0.39 is 10.8 Å². The van der Waals surface area contributed by atoms with Crippen LogP contribution in [0.15, 0.2) is 12.3 Å². The maximum atomic E-state index is 12.3. The van der Waals surface area contributed by atoms with Crippen molar-refractivity contribution in [1.29, 1.82) is 0 Å². The number of hydrogen-bond donors (Lipinski definition) is 0. The summed E-state index contributed by atoms with van der Waals surface area (Å²) < 4.78 is 0. The number of aromatic nitrogens is 1. The van der Waals surface area contributed by atoms with Gasteiger partial charge in [-0.2, -0.15) is 0 Å². The van der Waals surface area contributed by atoms with E-state index in [1.165, 1.54) is 11.0 Å². The van der Waals surface area contributed by atoms with Gasteiger partial charge in [0.05, 0.1) is 4.92 Å². The third-order valence-corrected chi connectivity index (χ3v) is 3.29. The van der Waals surface area contributed by atoms with Crippen LogP contribution >= 0.6 is 11.6 Å². The summed E-state index contributed by atoms with van der Waals surface area (Å²) in [6, 6.07) is 1.28. The summed E-state index contributed by atoms with van der Waals surface area (Å²) in [7, 11) is 1.64. The molecule has 0 aliphatic carbocycles. The van der Waals surface area contributed by atoms with Crippen LogP contribution in [0, 0.1) is 10.1 Å². The Morgan fingerprint density at radius 3 is 2.58 bits per heavy atom. The predicted molar refractivity (Wildman–Crippen MR) is 72.4 cm³/mol. The van der Waals surface area contributed by atoms with Crippen molar-refractivity contribution in [2.24, 2.45) is 0 Å². The van der Waals surface area contributed by atoms with Crippen LogP contribution in [0.3, 0.4) is 0 Å². The minimum absolute atomic E-state index is 0.0283. The second-order valence-corrected chi connectivity index (χ2v) is 4.55. The number of pyridine rings is 1. The van der Waals surface area contributed by atoms with Crippen molar-refractivity contribution in [3.05, 3.63) is 33.1 Å². The quantitative estimate of drug-likeness (QED) is 0.473. The van der Waals surface area contributed by atoms with E-state index in [0.717, 1.165) is 19.0 Å². The number of hydrogen-bond acceptors (Lipinski definition) is 4. The molecular weight excluding hydrogens is 270 g/mol. The van der Waals surface area contributed by atoms with Gasteiger partial charge in [0.2, 0.25) is 0 Å². The van der Waals surface area contributed by atoms with E-state index in [0.29, 0.717) is 0 Å². The largest absolute Gasteiger partial charge is 0.339 e. The zero-order chi connectivity index (χ0) is 14.6. The Kier molecular flexibility index (Phi) is 5.23. The maximum absolute atomic E-state index is 12.3. The van der Waals surface area contributed by atoms with E-state index >= 15 is 0 Å². The minimum atomic E-state index is -0.628. The average molecular weight is 286 g/mol. The molecule has 1 aromatic rings. The van der Waals surface area contributed by atoms with E-state index in [1.807, 2.05) is 13.8 Å². The number of halogens is 1. The van der Waals surface area contributed by atoms with Crippen molar-refractivity contribution in [3.8, 4) is 0 Å². The molecule has 0 spiro atoms. The molecule has 0 aliphatic heterocycles. The molecule has 0 aromatic carbocycles. The first-order chi connectivity index (χ1) is 8.92. The first-order valence-corrected chi connectivity index (χ1v) is 6.37. The summed E-state index contributed by atoms with van der Waals surface area (Å²) in [6.07, 6.45) is 2.58. The van der Waals surface area contributed by atoms with E-state index in [9.17, 15) is 14.9 Å². The molecular formula is C12H16ClN3O3. The topological polar surface area (TPSA) is 76.3 Å². The highest BCUT2D eigenvalue weighted by molar-refractivity contribution is 6.29. The van der Waals surface area contributed by atoms with E-state index in [4.69, 9.17) is 11.6 Å². The number of rotatable bonds is 5. The second kappa shape index (κ2) is 6.47. The average Bonchev–Trinajstić information content (AvgIpc) is 2.38. The molecule has 0 radical (unpaired) electrons. The van der Waals surface area contributed by atoms with Crippen molar-refractivity contribution in [3.63, 3.8) is 0 Å². The Hall–Kier alpha value is -1.69. The van der Waals surface area contributed by atoms with E-state index in [2.05, 4.69) is 4.98 Å². The van der Waals surface area contributed by atoms with Crippen LogP contribution < -0.4 is 0 Å². The normalized spacial score (nSPS) is 10.6. The summed E-state index contributed by atoms with van der Waals surface area (Å²) in [5.41, 5.74) is -0.355. The molecule has 0 atom stereocenters. The van der Waals surface area contributed by atoms with Gasteiger partial charge in [-0.05, 0) is 18.9 Å². The molecule has 1 rings (SSSR count). The van der Waals surface area contributed by atoms with Gasteiger partial charge in [-0.25, -0.2) is 4.98 Å². The number of carbonyl (C=O) groups excluding carboxylic acids is 1. The molecule has 0 saturated carbocycles. The molecule has 0 N–H and O–H groups in total. The van der Waals surface area contributed by atoms with E-state index in [-0.39, 0.29) is 22.4 Å². The number of nitro groups is 1. The van der Waals surface area contributed by atoms with Gasteiger partial charge < -0.3 is 4.90 Å². The van der Waals surface area contributed by atoms with Crippen LogP contribution in [0.25, 0.3) is 0 Å². The fourth-order valence-corrected chi connectivity index (χ4v) is 2.09. The Morgan fingerprint density at radius 1 is 1.53 bits per heavy atom. The van der Waals surface area contributed by atoms with Gasteiger partial charge in [0.25, 0.3) is 11.6 Å². The van der Waals surface area contributed by atoms with Gasteiger partial charge in [-0.3, -0.25) is 14.9 Å². The highest BCUT2D eigenvalue weighted by Gasteiger charge is 2.26. The first kappa shape index (κ1) is 15.4. The van der Waals surface area contributed by atoms with Gasteiger partial charge in [-0.1, -0.05) is 25.4 Å². The highest BCUT2D eigenvalue weighted by Crippen LogP contribution is 2.23. The SMILES string of the molecule is CCC(CC)N(C)C(=O)c1cc(Cl)ncc1[N+](=O)[O-].